The van der Waals surface area contributed by atoms with Gasteiger partial charge in [-0.1, -0.05) is 0 Å². The second-order valence-corrected chi connectivity index (χ2v) is 3.37. The Morgan fingerprint density at radius 3 is 2.64 bits per heavy atom. The van der Waals surface area contributed by atoms with Crippen molar-refractivity contribution in [2.24, 2.45) is 0 Å². The number of halogens is 1. The highest BCUT2D eigenvalue weighted by Crippen LogP contribution is 2.22. The summed E-state index contributed by atoms with van der Waals surface area (Å²) in [5, 5.41) is 1.24. The third-order valence-electron chi connectivity index (χ3n) is 1.37. The Hall–Kier alpha value is -1.56. The van der Waals surface area contributed by atoms with Crippen LogP contribution in [0.1, 0.15) is 0 Å². The molecule has 0 atom stereocenters. The van der Waals surface area contributed by atoms with Gasteiger partial charge in [0.15, 0.2) is 0 Å². The summed E-state index contributed by atoms with van der Waals surface area (Å²) in [5.41, 5.74) is 0. The molecule has 0 radical (unpaired) electrons. The van der Waals surface area contributed by atoms with E-state index < -0.39 is 5.95 Å². The van der Waals surface area contributed by atoms with Crippen molar-refractivity contribution in [3.05, 3.63) is 36.9 Å². The minimum Gasteiger partial charge on any atom is -0.245 e. The van der Waals surface area contributed by atoms with Crippen LogP contribution in [-0.2, 0) is 0 Å². The molecule has 0 saturated carbocycles. The molecule has 0 aliphatic heterocycles. The zero-order chi connectivity index (χ0) is 9.80. The highest BCUT2D eigenvalue weighted by atomic mass is 32.2. The van der Waals surface area contributed by atoms with Gasteiger partial charge in [0.1, 0.15) is 22.7 Å². The summed E-state index contributed by atoms with van der Waals surface area (Å²) in [5.74, 6) is -0.545. The van der Waals surface area contributed by atoms with Crippen molar-refractivity contribution in [3.63, 3.8) is 0 Å². The number of aromatic nitrogens is 4. The first kappa shape index (κ1) is 9.01. The summed E-state index contributed by atoms with van der Waals surface area (Å²) in [7, 11) is 0. The number of hydrogen-bond acceptors (Lipinski definition) is 5. The summed E-state index contributed by atoms with van der Waals surface area (Å²) in [6.07, 6.45) is 4.23. The van der Waals surface area contributed by atoms with Crippen LogP contribution in [0.2, 0.25) is 0 Å². The van der Waals surface area contributed by atoms with Crippen LogP contribution in [0, 0.1) is 5.95 Å². The van der Waals surface area contributed by atoms with Crippen LogP contribution in [0.3, 0.4) is 0 Å². The van der Waals surface area contributed by atoms with E-state index in [1.807, 2.05) is 0 Å². The molecule has 0 N–H and O–H groups in total. The summed E-state index contributed by atoms with van der Waals surface area (Å²) in [4.78, 5) is 15.0. The van der Waals surface area contributed by atoms with Gasteiger partial charge in [-0.15, -0.1) is 0 Å². The first-order chi connectivity index (χ1) is 6.84. The molecule has 4 nitrogen and oxygen atoms in total. The number of nitrogens with zero attached hydrogens (tertiary/aromatic N) is 4. The zero-order valence-electron chi connectivity index (χ0n) is 6.96. The van der Waals surface area contributed by atoms with Gasteiger partial charge < -0.3 is 0 Å². The number of rotatable bonds is 2. The average molecular weight is 208 g/mol. The third-order valence-corrected chi connectivity index (χ3v) is 2.26. The van der Waals surface area contributed by atoms with Crippen LogP contribution in [0.4, 0.5) is 4.39 Å². The second kappa shape index (κ2) is 4.10. The predicted molar refractivity (Wildman–Crippen MR) is 48.1 cm³/mol. The molecule has 0 aliphatic rings. The second-order valence-electron chi connectivity index (χ2n) is 2.33. The normalized spacial score (nSPS) is 10.1. The van der Waals surface area contributed by atoms with Crippen molar-refractivity contribution in [1.29, 1.82) is 0 Å². The lowest BCUT2D eigenvalue weighted by Crippen LogP contribution is -1.87. The van der Waals surface area contributed by atoms with Crippen molar-refractivity contribution in [2.75, 3.05) is 0 Å². The lowest BCUT2D eigenvalue weighted by molar-refractivity contribution is 0.572. The molecule has 0 aromatic carbocycles. The molecule has 0 spiro atoms. The average Bonchev–Trinajstić information content (AvgIpc) is 2.19. The van der Waals surface area contributed by atoms with E-state index in [1.165, 1.54) is 30.5 Å². The summed E-state index contributed by atoms with van der Waals surface area (Å²) >= 11 is 1.26. The van der Waals surface area contributed by atoms with Gasteiger partial charge in [-0.05, 0) is 17.8 Å². The molecular formula is C8H5FN4S. The molecular weight excluding hydrogens is 203 g/mol. The maximum absolute atomic E-state index is 12.7. The van der Waals surface area contributed by atoms with Crippen LogP contribution in [0.5, 0.6) is 0 Å². The molecule has 6 heteroatoms. The van der Waals surface area contributed by atoms with E-state index >= 15 is 0 Å². The van der Waals surface area contributed by atoms with E-state index in [9.17, 15) is 4.39 Å². The Bertz CT molecular complexity index is 423. The molecule has 14 heavy (non-hydrogen) atoms. The van der Waals surface area contributed by atoms with Gasteiger partial charge in [0.05, 0.1) is 0 Å². The molecule has 0 bridgehead atoms. The molecule has 0 unspecified atom stereocenters. The quantitative estimate of drug-likeness (QED) is 0.701. The van der Waals surface area contributed by atoms with E-state index in [0.29, 0.717) is 5.03 Å². The smallest absolute Gasteiger partial charge is 0.217 e. The van der Waals surface area contributed by atoms with Crippen molar-refractivity contribution >= 4 is 11.8 Å². The monoisotopic (exact) mass is 208 g/mol. The van der Waals surface area contributed by atoms with Gasteiger partial charge in [0.25, 0.3) is 0 Å². The highest BCUT2D eigenvalue weighted by molar-refractivity contribution is 7.99. The maximum atomic E-state index is 12.7. The molecule has 0 fully saturated rings. The summed E-state index contributed by atoms with van der Waals surface area (Å²) in [6, 6.07) is 2.98. The van der Waals surface area contributed by atoms with Gasteiger partial charge in [-0.25, -0.2) is 19.9 Å². The zero-order valence-corrected chi connectivity index (χ0v) is 7.78. The van der Waals surface area contributed by atoms with Crippen LogP contribution < -0.4 is 0 Å². The largest absolute Gasteiger partial charge is 0.245 e. The minimum atomic E-state index is -0.545. The molecule has 2 rings (SSSR count). The van der Waals surface area contributed by atoms with Crippen molar-refractivity contribution in [3.8, 4) is 0 Å². The summed E-state index contributed by atoms with van der Waals surface area (Å²) < 4.78 is 12.7. The lowest BCUT2D eigenvalue weighted by Gasteiger charge is -1.97. The highest BCUT2D eigenvalue weighted by Gasteiger charge is 2.00. The topological polar surface area (TPSA) is 51.6 Å². The SMILES string of the molecule is Fc1cc(Sc2ccncn2)ncn1. The van der Waals surface area contributed by atoms with Crippen molar-refractivity contribution in [2.45, 2.75) is 10.1 Å². The van der Waals surface area contributed by atoms with E-state index in [2.05, 4.69) is 19.9 Å². The molecule has 0 amide bonds. The Labute approximate surface area is 83.7 Å². The Morgan fingerprint density at radius 1 is 1.07 bits per heavy atom. The standard InChI is InChI=1S/C8H5FN4S/c9-6-3-8(13-5-11-6)14-7-1-2-10-4-12-7/h1-5H. The third kappa shape index (κ3) is 2.23. The van der Waals surface area contributed by atoms with Crippen LogP contribution in [0.25, 0.3) is 0 Å². The van der Waals surface area contributed by atoms with E-state index in [4.69, 9.17) is 0 Å². The molecule has 70 valence electrons. The molecule has 2 heterocycles. The van der Waals surface area contributed by atoms with Crippen LogP contribution in [0.15, 0.2) is 41.0 Å². The van der Waals surface area contributed by atoms with Gasteiger partial charge in [-0.2, -0.15) is 4.39 Å². The van der Waals surface area contributed by atoms with Gasteiger partial charge in [0.2, 0.25) is 5.95 Å². The van der Waals surface area contributed by atoms with Gasteiger partial charge >= 0.3 is 0 Å². The fourth-order valence-corrected chi connectivity index (χ4v) is 1.52. The molecule has 2 aromatic heterocycles. The van der Waals surface area contributed by atoms with Crippen molar-refractivity contribution < 1.29 is 4.39 Å². The van der Waals surface area contributed by atoms with E-state index in [0.717, 1.165) is 5.03 Å². The fraction of sp³-hybridized carbons (Fsp3) is 0. The Balaban J connectivity index is 2.19. The first-order valence-corrected chi connectivity index (χ1v) is 4.57. The Kier molecular flexibility index (Phi) is 2.64. The van der Waals surface area contributed by atoms with Crippen LogP contribution >= 0.6 is 11.8 Å². The van der Waals surface area contributed by atoms with E-state index in [1.54, 1.807) is 12.3 Å². The van der Waals surface area contributed by atoms with E-state index in [-0.39, 0.29) is 0 Å². The number of hydrogen-bond donors (Lipinski definition) is 0. The Morgan fingerprint density at radius 2 is 1.93 bits per heavy atom. The molecule has 0 saturated heterocycles. The minimum absolute atomic E-state index is 0.524. The predicted octanol–water partition coefficient (Wildman–Crippen LogP) is 1.56. The fourth-order valence-electron chi connectivity index (χ4n) is 0.819. The molecule has 2 aromatic rings. The maximum Gasteiger partial charge on any atom is 0.217 e. The lowest BCUT2D eigenvalue weighted by atomic mass is 10.7. The van der Waals surface area contributed by atoms with Gasteiger partial charge in [0, 0.05) is 12.3 Å². The van der Waals surface area contributed by atoms with Crippen LogP contribution in [-0.4, -0.2) is 19.9 Å². The van der Waals surface area contributed by atoms with Gasteiger partial charge in [-0.3, -0.25) is 0 Å². The summed E-state index contributed by atoms with van der Waals surface area (Å²) in [6.45, 7) is 0. The molecule has 0 aliphatic carbocycles. The van der Waals surface area contributed by atoms with Crippen molar-refractivity contribution in [1.82, 2.24) is 19.9 Å². The first-order valence-electron chi connectivity index (χ1n) is 3.76.